The number of aliphatic imine (C=N–C) groups is 1. The van der Waals surface area contributed by atoms with Crippen LogP contribution in [0.15, 0.2) is 47.5 Å². The minimum Gasteiger partial charge on any atom is -0.325 e. The van der Waals surface area contributed by atoms with Gasteiger partial charge in [-0.2, -0.15) is 13.2 Å². The predicted octanol–water partition coefficient (Wildman–Crippen LogP) is 5.26. The molecule has 0 aliphatic carbocycles. The van der Waals surface area contributed by atoms with Crippen LogP contribution in [0.25, 0.3) is 0 Å². The number of hydrogen-bond acceptors (Lipinski definition) is 4. The van der Waals surface area contributed by atoms with Crippen molar-refractivity contribution in [3.8, 4) is 0 Å². The van der Waals surface area contributed by atoms with E-state index in [0.29, 0.717) is 5.69 Å². The Kier molecular flexibility index (Phi) is 6.42. The van der Waals surface area contributed by atoms with Gasteiger partial charge in [-0.1, -0.05) is 35.5 Å². The van der Waals surface area contributed by atoms with Crippen LogP contribution in [-0.2, 0) is 15.8 Å². The van der Waals surface area contributed by atoms with Gasteiger partial charge in [-0.05, 0) is 42.8 Å². The number of aryl methyl sites for hydroxylation is 1. The first kappa shape index (κ1) is 22.2. The summed E-state index contributed by atoms with van der Waals surface area (Å²) >= 11 is 6.65. The second-order valence-corrected chi connectivity index (χ2v) is 8.26. The minimum absolute atomic E-state index is 0.0198. The summed E-state index contributed by atoms with van der Waals surface area (Å²) in [6.45, 7) is 1.88. The number of thioether (sulfide) groups is 1. The fourth-order valence-corrected chi connectivity index (χ4v) is 4.04. The van der Waals surface area contributed by atoms with Crippen molar-refractivity contribution >= 4 is 51.7 Å². The van der Waals surface area contributed by atoms with E-state index in [0.717, 1.165) is 29.5 Å². The molecule has 1 unspecified atom stereocenters. The van der Waals surface area contributed by atoms with Gasteiger partial charge in [-0.25, -0.2) is 4.99 Å². The highest BCUT2D eigenvalue weighted by Gasteiger charge is 2.35. The maximum absolute atomic E-state index is 13.1. The molecule has 0 bridgehead atoms. The Hall–Kier alpha value is -2.52. The number of amidine groups is 1. The average Bonchev–Trinajstić information content (AvgIpc) is 2.65. The van der Waals surface area contributed by atoms with Crippen molar-refractivity contribution in [3.05, 3.63) is 58.6 Å². The van der Waals surface area contributed by atoms with Gasteiger partial charge in [0.15, 0.2) is 5.17 Å². The molecule has 1 atom stereocenters. The minimum atomic E-state index is -4.63. The third-order valence-corrected chi connectivity index (χ3v) is 5.90. The number of halogens is 4. The van der Waals surface area contributed by atoms with Crippen LogP contribution in [0.1, 0.15) is 17.5 Å². The van der Waals surface area contributed by atoms with Crippen molar-refractivity contribution < 1.29 is 22.8 Å². The lowest BCUT2D eigenvalue weighted by molar-refractivity contribution is -0.137. The van der Waals surface area contributed by atoms with Gasteiger partial charge in [-0.15, -0.1) is 0 Å². The summed E-state index contributed by atoms with van der Waals surface area (Å²) in [7, 11) is 1.46. The molecule has 1 saturated heterocycles. The largest absolute Gasteiger partial charge is 0.417 e. The number of amides is 2. The molecule has 3 rings (SSSR count). The van der Waals surface area contributed by atoms with Crippen LogP contribution in [0.2, 0.25) is 5.02 Å². The Morgan fingerprint density at radius 1 is 1.27 bits per heavy atom. The van der Waals surface area contributed by atoms with Crippen molar-refractivity contribution in [2.45, 2.75) is 24.8 Å². The summed E-state index contributed by atoms with van der Waals surface area (Å²) in [5.41, 5.74) is 0.520. The smallest absolute Gasteiger partial charge is 0.325 e. The molecule has 2 aromatic rings. The Morgan fingerprint density at radius 3 is 2.67 bits per heavy atom. The molecule has 1 heterocycles. The monoisotopic (exact) mass is 455 g/mol. The van der Waals surface area contributed by atoms with E-state index in [1.807, 2.05) is 13.0 Å². The molecular formula is C20H17ClF3N3O2S. The van der Waals surface area contributed by atoms with E-state index in [2.05, 4.69) is 10.3 Å². The fourth-order valence-electron chi connectivity index (χ4n) is 2.75. The molecule has 1 fully saturated rings. The highest BCUT2D eigenvalue weighted by Crippen LogP contribution is 2.37. The summed E-state index contributed by atoms with van der Waals surface area (Å²) in [6, 6.07) is 10.4. The first-order valence-electron chi connectivity index (χ1n) is 8.81. The number of nitrogens with zero attached hydrogens (tertiary/aromatic N) is 2. The molecule has 0 spiro atoms. The highest BCUT2D eigenvalue weighted by molar-refractivity contribution is 8.15. The van der Waals surface area contributed by atoms with Crippen molar-refractivity contribution in [2.75, 3.05) is 12.4 Å². The van der Waals surface area contributed by atoms with Gasteiger partial charge in [0.25, 0.3) is 0 Å². The van der Waals surface area contributed by atoms with E-state index in [-0.39, 0.29) is 29.1 Å². The van der Waals surface area contributed by atoms with Gasteiger partial charge < -0.3 is 5.32 Å². The number of anilines is 1. The summed E-state index contributed by atoms with van der Waals surface area (Å²) in [5.74, 6) is -0.742. The van der Waals surface area contributed by atoms with E-state index in [4.69, 9.17) is 11.6 Å². The van der Waals surface area contributed by atoms with Crippen molar-refractivity contribution in [3.63, 3.8) is 0 Å². The summed E-state index contributed by atoms with van der Waals surface area (Å²) in [4.78, 5) is 30.4. The molecule has 10 heteroatoms. The maximum atomic E-state index is 13.1. The standard InChI is InChI=1S/C20H17ClF3N3O2S/c1-11-4-3-5-12(8-11)25-18(29)16-10-17(28)27(2)19(30-16)26-13-6-7-15(21)14(9-13)20(22,23)24/h3-9,16H,10H2,1-2H3,(H,25,29). The molecule has 30 heavy (non-hydrogen) atoms. The molecule has 2 aromatic carbocycles. The van der Waals surface area contributed by atoms with Crippen molar-refractivity contribution in [1.29, 1.82) is 0 Å². The first-order chi connectivity index (χ1) is 14.0. The number of carbonyl (C=O) groups excluding carboxylic acids is 2. The zero-order chi connectivity index (χ0) is 22.1. The Balaban J connectivity index is 1.84. The van der Waals surface area contributed by atoms with Gasteiger partial charge in [0.1, 0.15) is 5.25 Å². The van der Waals surface area contributed by atoms with Crippen LogP contribution in [-0.4, -0.2) is 34.2 Å². The van der Waals surface area contributed by atoms with Crippen LogP contribution < -0.4 is 5.32 Å². The van der Waals surface area contributed by atoms with Gasteiger partial charge >= 0.3 is 6.18 Å². The van der Waals surface area contributed by atoms with Crippen LogP contribution in [0.4, 0.5) is 24.5 Å². The molecular weight excluding hydrogens is 439 g/mol. The number of rotatable bonds is 3. The van der Waals surface area contributed by atoms with Crippen LogP contribution in [0, 0.1) is 6.92 Å². The molecule has 2 amide bonds. The molecule has 5 nitrogen and oxygen atoms in total. The SMILES string of the molecule is Cc1cccc(NC(=O)C2CC(=O)N(C)C(=Nc3ccc(Cl)c(C(F)(F)F)c3)S2)c1. The molecule has 0 aromatic heterocycles. The Morgan fingerprint density at radius 2 is 2.00 bits per heavy atom. The summed E-state index contributed by atoms with van der Waals surface area (Å²) < 4.78 is 39.3. The number of carbonyl (C=O) groups is 2. The van der Waals surface area contributed by atoms with Crippen molar-refractivity contribution in [1.82, 2.24) is 4.90 Å². The molecule has 0 saturated carbocycles. The van der Waals surface area contributed by atoms with Gasteiger partial charge in [0, 0.05) is 19.2 Å². The summed E-state index contributed by atoms with van der Waals surface area (Å²) in [6.07, 6.45) is -4.68. The molecule has 1 aliphatic heterocycles. The van der Waals surface area contributed by atoms with E-state index in [1.54, 1.807) is 18.2 Å². The second-order valence-electron chi connectivity index (χ2n) is 6.68. The van der Waals surface area contributed by atoms with Gasteiger partial charge in [0.05, 0.1) is 16.3 Å². The number of nitrogens with one attached hydrogen (secondary N) is 1. The van der Waals surface area contributed by atoms with Crippen LogP contribution in [0.3, 0.4) is 0 Å². The third-order valence-electron chi connectivity index (χ3n) is 4.33. The normalized spacial score (nSPS) is 18.6. The van der Waals surface area contributed by atoms with E-state index < -0.39 is 22.0 Å². The Bertz CT molecular complexity index is 1030. The predicted molar refractivity (Wildman–Crippen MR) is 112 cm³/mol. The second kappa shape index (κ2) is 8.69. The maximum Gasteiger partial charge on any atom is 0.417 e. The Labute approximate surface area is 180 Å². The highest BCUT2D eigenvalue weighted by atomic mass is 35.5. The van der Waals surface area contributed by atoms with E-state index in [1.165, 1.54) is 18.0 Å². The number of benzene rings is 2. The summed E-state index contributed by atoms with van der Waals surface area (Å²) in [5, 5.41) is 1.68. The third kappa shape index (κ3) is 5.14. The quantitative estimate of drug-likeness (QED) is 0.687. The lowest BCUT2D eigenvalue weighted by Crippen LogP contribution is -2.43. The van der Waals surface area contributed by atoms with Crippen LogP contribution in [0.5, 0.6) is 0 Å². The number of hydrogen-bond donors (Lipinski definition) is 1. The lowest BCUT2D eigenvalue weighted by Gasteiger charge is -2.29. The topological polar surface area (TPSA) is 61.8 Å². The number of alkyl halides is 3. The zero-order valence-corrected chi connectivity index (χ0v) is 17.5. The molecule has 0 radical (unpaired) electrons. The fraction of sp³-hybridized carbons (Fsp3) is 0.250. The molecule has 1 N–H and O–H groups in total. The average molecular weight is 456 g/mol. The lowest BCUT2D eigenvalue weighted by atomic mass is 10.2. The zero-order valence-electron chi connectivity index (χ0n) is 16.0. The van der Waals surface area contributed by atoms with E-state index >= 15 is 0 Å². The van der Waals surface area contributed by atoms with Gasteiger partial charge in [0.2, 0.25) is 11.8 Å². The van der Waals surface area contributed by atoms with Crippen molar-refractivity contribution in [2.24, 2.45) is 4.99 Å². The molecule has 1 aliphatic rings. The molecule has 158 valence electrons. The van der Waals surface area contributed by atoms with E-state index in [9.17, 15) is 22.8 Å². The van der Waals surface area contributed by atoms with Crippen LogP contribution >= 0.6 is 23.4 Å². The van der Waals surface area contributed by atoms with Gasteiger partial charge in [-0.3, -0.25) is 14.5 Å². The first-order valence-corrected chi connectivity index (χ1v) is 10.1.